The molecule has 1 aliphatic rings. The van der Waals surface area contributed by atoms with Gasteiger partial charge in [-0.1, -0.05) is 39.0 Å². The van der Waals surface area contributed by atoms with Crippen LogP contribution < -0.4 is 14.2 Å². The molecule has 1 unspecified atom stereocenters. The molecule has 0 spiro atoms. The fourth-order valence-corrected chi connectivity index (χ4v) is 4.99. The molecule has 41 heavy (non-hydrogen) atoms. The average molecular weight is 560 g/mol. The molecule has 4 rings (SSSR count). The highest BCUT2D eigenvalue weighted by atomic mass is 16.5. The van der Waals surface area contributed by atoms with Crippen molar-refractivity contribution in [3.05, 3.63) is 88.5 Å². The first kappa shape index (κ1) is 29.5. The summed E-state index contributed by atoms with van der Waals surface area (Å²) in [5.41, 5.74) is 2.19. The molecule has 1 atom stereocenters. The summed E-state index contributed by atoms with van der Waals surface area (Å²) in [5, 5.41) is 22.0. The molecule has 216 valence electrons. The van der Waals surface area contributed by atoms with Crippen LogP contribution in [-0.2, 0) is 21.5 Å². The lowest BCUT2D eigenvalue weighted by molar-refractivity contribution is -0.140. The monoisotopic (exact) mass is 559 g/mol. The van der Waals surface area contributed by atoms with Crippen LogP contribution in [0.1, 0.15) is 62.9 Å². The molecule has 1 saturated heterocycles. The number of phenols is 1. The number of amides is 1. The SMILES string of the molecule is CCOc1cc(C2/C(=C(\O)c3ccc(OCC)c(C(C)(C)C)c3)C(=O)C(=O)N2Cc2ccc(OC)cc2)ccc1O. The van der Waals surface area contributed by atoms with Crippen molar-refractivity contribution in [2.45, 2.75) is 52.6 Å². The van der Waals surface area contributed by atoms with Crippen LogP contribution in [0.4, 0.5) is 0 Å². The van der Waals surface area contributed by atoms with Gasteiger partial charge in [-0.15, -0.1) is 0 Å². The van der Waals surface area contributed by atoms with Gasteiger partial charge in [-0.3, -0.25) is 9.59 Å². The second-order valence-corrected chi connectivity index (χ2v) is 10.8. The first-order chi connectivity index (χ1) is 19.5. The maximum Gasteiger partial charge on any atom is 0.295 e. The van der Waals surface area contributed by atoms with E-state index in [0.717, 1.165) is 11.1 Å². The number of rotatable bonds is 9. The standard InChI is InChI=1S/C33H37NO7/c1-7-40-26-16-12-22(17-24(26)33(3,4)5)30(36)28-29(21-11-15-25(35)27(18-21)41-8-2)34(32(38)31(28)37)19-20-9-13-23(39-6)14-10-20/h9-18,29,35-36H,7-8,19H2,1-6H3/b30-28+. The van der Waals surface area contributed by atoms with E-state index in [4.69, 9.17) is 14.2 Å². The summed E-state index contributed by atoms with van der Waals surface area (Å²) >= 11 is 0. The van der Waals surface area contributed by atoms with Gasteiger partial charge in [0, 0.05) is 17.7 Å². The molecule has 0 bridgehead atoms. The van der Waals surface area contributed by atoms with E-state index >= 15 is 0 Å². The molecule has 8 heteroatoms. The van der Waals surface area contributed by atoms with Crippen molar-refractivity contribution in [1.29, 1.82) is 0 Å². The van der Waals surface area contributed by atoms with E-state index in [1.54, 1.807) is 56.5 Å². The average Bonchev–Trinajstić information content (AvgIpc) is 3.19. The number of Topliss-reactive ketones (excluding diaryl/α,β-unsaturated/α-hetero) is 1. The van der Waals surface area contributed by atoms with Crippen LogP contribution in [0.3, 0.4) is 0 Å². The number of benzene rings is 3. The van der Waals surface area contributed by atoms with Gasteiger partial charge in [-0.2, -0.15) is 0 Å². The number of ether oxygens (including phenoxy) is 3. The predicted molar refractivity (Wildman–Crippen MR) is 156 cm³/mol. The Morgan fingerprint density at radius 3 is 2.17 bits per heavy atom. The van der Waals surface area contributed by atoms with Gasteiger partial charge < -0.3 is 29.3 Å². The zero-order chi connectivity index (χ0) is 29.9. The fourth-order valence-electron chi connectivity index (χ4n) is 4.99. The number of phenolic OH excluding ortho intramolecular Hbond substituents is 1. The van der Waals surface area contributed by atoms with Crippen molar-refractivity contribution in [3.63, 3.8) is 0 Å². The van der Waals surface area contributed by atoms with E-state index in [1.807, 2.05) is 39.8 Å². The van der Waals surface area contributed by atoms with E-state index < -0.39 is 17.7 Å². The van der Waals surface area contributed by atoms with Crippen molar-refractivity contribution in [2.75, 3.05) is 20.3 Å². The van der Waals surface area contributed by atoms with E-state index in [2.05, 4.69) is 0 Å². The number of likely N-dealkylation sites (tertiary alicyclic amines) is 1. The number of aliphatic hydroxyl groups excluding tert-OH is 1. The van der Waals surface area contributed by atoms with Crippen molar-refractivity contribution in [2.24, 2.45) is 0 Å². The van der Waals surface area contributed by atoms with E-state index in [0.29, 0.717) is 35.8 Å². The highest BCUT2D eigenvalue weighted by Gasteiger charge is 2.46. The van der Waals surface area contributed by atoms with Gasteiger partial charge >= 0.3 is 0 Å². The smallest absolute Gasteiger partial charge is 0.295 e. The van der Waals surface area contributed by atoms with Crippen LogP contribution in [-0.4, -0.2) is 47.1 Å². The number of carbonyl (C=O) groups is 2. The Hall–Kier alpha value is -4.46. The molecule has 8 nitrogen and oxygen atoms in total. The Morgan fingerprint density at radius 2 is 1.56 bits per heavy atom. The molecule has 0 aliphatic carbocycles. The molecule has 1 fully saturated rings. The maximum atomic E-state index is 13.6. The second kappa shape index (κ2) is 12.0. The van der Waals surface area contributed by atoms with Crippen LogP contribution in [0, 0.1) is 0 Å². The Morgan fingerprint density at radius 1 is 0.902 bits per heavy atom. The number of hydrogen-bond acceptors (Lipinski definition) is 7. The minimum Gasteiger partial charge on any atom is -0.507 e. The quantitative estimate of drug-likeness (QED) is 0.185. The second-order valence-electron chi connectivity index (χ2n) is 10.8. The molecule has 3 aromatic carbocycles. The number of hydrogen-bond donors (Lipinski definition) is 2. The third kappa shape index (κ3) is 6.01. The fraction of sp³-hybridized carbons (Fsp3) is 0.333. The highest BCUT2D eigenvalue weighted by Crippen LogP contribution is 2.43. The van der Waals surface area contributed by atoms with E-state index in [1.165, 1.54) is 11.0 Å². The zero-order valence-corrected chi connectivity index (χ0v) is 24.4. The van der Waals surface area contributed by atoms with Gasteiger partial charge in [0.05, 0.1) is 31.9 Å². The molecule has 0 radical (unpaired) electrons. The Kier molecular flexibility index (Phi) is 8.61. The highest BCUT2D eigenvalue weighted by molar-refractivity contribution is 6.46. The van der Waals surface area contributed by atoms with Crippen molar-refractivity contribution in [1.82, 2.24) is 4.90 Å². The molecule has 0 aromatic heterocycles. The number of methoxy groups -OCH3 is 1. The summed E-state index contributed by atoms with van der Waals surface area (Å²) in [7, 11) is 1.57. The molecule has 3 aromatic rings. The number of carbonyl (C=O) groups excluding carboxylic acids is 2. The summed E-state index contributed by atoms with van der Waals surface area (Å²) in [4.78, 5) is 28.5. The minimum atomic E-state index is -0.929. The van der Waals surface area contributed by atoms with Crippen LogP contribution >= 0.6 is 0 Å². The maximum absolute atomic E-state index is 13.6. The Bertz CT molecular complexity index is 1470. The van der Waals surface area contributed by atoms with Gasteiger partial charge in [-0.05, 0) is 72.9 Å². The van der Waals surface area contributed by atoms with Crippen LogP contribution in [0.15, 0.2) is 66.2 Å². The molecular formula is C33H37NO7. The summed E-state index contributed by atoms with van der Waals surface area (Å²) in [6, 6.07) is 16.2. The zero-order valence-electron chi connectivity index (χ0n) is 24.4. The van der Waals surface area contributed by atoms with Crippen molar-refractivity contribution < 1.29 is 34.0 Å². The van der Waals surface area contributed by atoms with Gasteiger partial charge in [0.25, 0.3) is 11.7 Å². The van der Waals surface area contributed by atoms with Crippen LogP contribution in [0.5, 0.6) is 23.0 Å². The van der Waals surface area contributed by atoms with Gasteiger partial charge in [0.1, 0.15) is 17.3 Å². The largest absolute Gasteiger partial charge is 0.507 e. The lowest BCUT2D eigenvalue weighted by atomic mass is 9.84. The minimum absolute atomic E-state index is 0.0410. The van der Waals surface area contributed by atoms with Gasteiger partial charge in [0.15, 0.2) is 11.5 Å². The summed E-state index contributed by atoms with van der Waals surface area (Å²) in [5.74, 6) is -0.311. The molecule has 1 heterocycles. The number of aromatic hydroxyl groups is 1. The topological polar surface area (TPSA) is 106 Å². The van der Waals surface area contributed by atoms with E-state index in [-0.39, 0.29) is 34.8 Å². The molecule has 1 amide bonds. The normalized spacial score (nSPS) is 16.6. The summed E-state index contributed by atoms with van der Waals surface area (Å²) in [6.07, 6.45) is 0. The van der Waals surface area contributed by atoms with Gasteiger partial charge in [-0.25, -0.2) is 0 Å². The molecule has 0 saturated carbocycles. The Labute approximate surface area is 240 Å². The molecule has 1 aliphatic heterocycles. The lowest BCUT2D eigenvalue weighted by Crippen LogP contribution is -2.29. The first-order valence-corrected chi connectivity index (χ1v) is 13.6. The molecule has 2 N–H and O–H groups in total. The summed E-state index contributed by atoms with van der Waals surface area (Å²) in [6.45, 7) is 10.7. The lowest BCUT2D eigenvalue weighted by Gasteiger charge is -2.26. The number of aliphatic hydroxyl groups is 1. The van der Waals surface area contributed by atoms with Crippen LogP contribution in [0.2, 0.25) is 0 Å². The van der Waals surface area contributed by atoms with Crippen LogP contribution in [0.25, 0.3) is 5.76 Å². The third-order valence-electron chi connectivity index (χ3n) is 7.01. The first-order valence-electron chi connectivity index (χ1n) is 13.6. The predicted octanol–water partition coefficient (Wildman–Crippen LogP) is 6.12. The van der Waals surface area contributed by atoms with Crippen molar-refractivity contribution in [3.8, 4) is 23.0 Å². The van der Waals surface area contributed by atoms with E-state index in [9.17, 15) is 19.8 Å². The van der Waals surface area contributed by atoms with Crippen molar-refractivity contribution >= 4 is 17.4 Å². The summed E-state index contributed by atoms with van der Waals surface area (Å²) < 4.78 is 16.7. The Balaban J connectivity index is 1.90. The number of ketones is 1. The third-order valence-corrected chi connectivity index (χ3v) is 7.01. The molecular weight excluding hydrogens is 522 g/mol. The van der Waals surface area contributed by atoms with Gasteiger partial charge in [0.2, 0.25) is 0 Å². The number of nitrogens with zero attached hydrogens (tertiary/aromatic N) is 1.